The first-order valence-corrected chi connectivity index (χ1v) is 13.3. The van der Waals surface area contributed by atoms with Gasteiger partial charge >= 0.3 is 0 Å². The molecule has 1 aliphatic carbocycles. The number of benzene rings is 4. The molecule has 1 aliphatic rings. The molecule has 1 saturated carbocycles. The van der Waals surface area contributed by atoms with Crippen molar-refractivity contribution in [2.45, 2.75) is 51.6 Å². The van der Waals surface area contributed by atoms with Gasteiger partial charge < -0.3 is 10.2 Å². The zero-order chi connectivity index (χ0) is 26.5. The number of aromatic hydroxyl groups is 2. The van der Waals surface area contributed by atoms with Crippen LogP contribution in [0.3, 0.4) is 0 Å². The van der Waals surface area contributed by atoms with Crippen molar-refractivity contribution in [3.8, 4) is 33.8 Å². The number of nitrogens with zero attached hydrogens (tertiary/aromatic N) is 2. The summed E-state index contributed by atoms with van der Waals surface area (Å²) in [6, 6.07) is 28.9. The summed E-state index contributed by atoms with van der Waals surface area (Å²) in [5.41, 5.74) is 7.62. The lowest BCUT2D eigenvalue weighted by Gasteiger charge is -2.23. The quantitative estimate of drug-likeness (QED) is 0.263. The highest BCUT2D eigenvalue weighted by Crippen LogP contribution is 2.31. The molecule has 0 saturated heterocycles. The number of phenolic OH excluding ortho intramolecular Hbond substituents is 2. The number of hydrogen-bond donors (Lipinski definition) is 2. The van der Waals surface area contributed by atoms with Gasteiger partial charge in [0.1, 0.15) is 11.5 Å². The van der Waals surface area contributed by atoms with Crippen molar-refractivity contribution in [3.05, 3.63) is 107 Å². The number of hydrogen-bond acceptors (Lipinski definition) is 4. The van der Waals surface area contributed by atoms with Gasteiger partial charge in [0.15, 0.2) is 0 Å². The highest BCUT2D eigenvalue weighted by molar-refractivity contribution is 5.88. The second-order valence-electron chi connectivity index (χ2n) is 10.2. The van der Waals surface area contributed by atoms with Crippen molar-refractivity contribution in [2.75, 3.05) is 0 Å². The molecule has 0 aliphatic heterocycles. The Labute approximate surface area is 225 Å². The van der Waals surface area contributed by atoms with Gasteiger partial charge in [-0.05, 0) is 97.2 Å². The monoisotopic (exact) mass is 502 g/mol. The Balaban J connectivity index is 1.24. The maximum Gasteiger partial charge on any atom is 0.127 e. The molecule has 4 nitrogen and oxygen atoms in total. The Morgan fingerprint density at radius 1 is 0.553 bits per heavy atom. The molecule has 38 heavy (non-hydrogen) atoms. The van der Waals surface area contributed by atoms with Gasteiger partial charge in [-0.3, -0.25) is 9.98 Å². The molecule has 4 aromatic carbocycles. The largest absolute Gasteiger partial charge is 0.507 e. The minimum atomic E-state index is 0.221. The molecule has 0 atom stereocenters. The van der Waals surface area contributed by atoms with Crippen LogP contribution in [0.2, 0.25) is 0 Å². The van der Waals surface area contributed by atoms with Crippen LogP contribution in [-0.4, -0.2) is 34.7 Å². The topological polar surface area (TPSA) is 65.2 Å². The van der Waals surface area contributed by atoms with E-state index in [1.807, 2.05) is 86.9 Å². The van der Waals surface area contributed by atoms with Crippen LogP contribution < -0.4 is 0 Å². The normalized spacial score (nSPS) is 17.8. The predicted molar refractivity (Wildman–Crippen MR) is 158 cm³/mol. The highest BCUT2D eigenvalue weighted by atomic mass is 16.3. The van der Waals surface area contributed by atoms with E-state index in [0.29, 0.717) is 11.5 Å². The van der Waals surface area contributed by atoms with E-state index in [-0.39, 0.29) is 12.1 Å². The van der Waals surface area contributed by atoms with Crippen molar-refractivity contribution < 1.29 is 10.2 Å². The molecule has 0 amide bonds. The lowest BCUT2D eigenvalue weighted by Crippen LogP contribution is -2.20. The fourth-order valence-corrected chi connectivity index (χ4v) is 5.13. The van der Waals surface area contributed by atoms with Crippen LogP contribution >= 0.6 is 0 Å². The standard InChI is InChI=1S/C34H34N2O2/c1-23-17-27(25-9-5-3-6-10-25)19-29(33(23)37)21-35-31-13-15-32(16-14-31)36-22-30-20-28(18-24(2)34(30)38)26-11-7-4-8-12-26/h3-12,17-22,31-32,37-38H,13-16H2,1-2H3. The van der Waals surface area contributed by atoms with Crippen LogP contribution in [0.4, 0.5) is 0 Å². The molecule has 0 aromatic heterocycles. The summed E-state index contributed by atoms with van der Waals surface area (Å²) in [5, 5.41) is 21.2. The molecule has 0 heterocycles. The molecule has 4 aromatic rings. The fraction of sp³-hybridized carbons (Fsp3) is 0.235. The van der Waals surface area contributed by atoms with Crippen LogP contribution in [0.25, 0.3) is 22.3 Å². The van der Waals surface area contributed by atoms with Crippen LogP contribution in [0.5, 0.6) is 11.5 Å². The van der Waals surface area contributed by atoms with E-state index < -0.39 is 0 Å². The lowest BCUT2D eigenvalue weighted by molar-refractivity contribution is 0.399. The zero-order valence-electron chi connectivity index (χ0n) is 22.0. The average molecular weight is 503 g/mol. The van der Waals surface area contributed by atoms with Crippen LogP contribution in [0.1, 0.15) is 47.9 Å². The van der Waals surface area contributed by atoms with E-state index in [4.69, 9.17) is 9.98 Å². The molecule has 1 fully saturated rings. The molecule has 192 valence electrons. The van der Waals surface area contributed by atoms with Crippen LogP contribution in [0, 0.1) is 13.8 Å². The predicted octanol–water partition coefficient (Wildman–Crippen LogP) is 7.90. The number of aryl methyl sites for hydroxylation is 2. The SMILES string of the molecule is Cc1cc(-c2ccccc2)cc(C=NC2CCC(N=Cc3cc(-c4ccccc4)cc(C)c3O)CC2)c1O. The molecular weight excluding hydrogens is 468 g/mol. The van der Waals surface area contributed by atoms with E-state index in [1.54, 1.807) is 0 Å². The maximum atomic E-state index is 10.6. The Morgan fingerprint density at radius 2 is 0.921 bits per heavy atom. The summed E-state index contributed by atoms with van der Waals surface area (Å²) in [5.74, 6) is 0.583. The molecule has 0 unspecified atom stereocenters. The zero-order valence-corrected chi connectivity index (χ0v) is 22.0. The first-order chi connectivity index (χ1) is 18.5. The summed E-state index contributed by atoms with van der Waals surface area (Å²) in [6.07, 6.45) is 7.46. The summed E-state index contributed by atoms with van der Waals surface area (Å²) >= 11 is 0. The summed E-state index contributed by atoms with van der Waals surface area (Å²) in [7, 11) is 0. The Bertz CT molecular complexity index is 1340. The third-order valence-electron chi connectivity index (χ3n) is 7.39. The van der Waals surface area contributed by atoms with E-state index in [0.717, 1.165) is 70.2 Å². The highest BCUT2D eigenvalue weighted by Gasteiger charge is 2.20. The minimum Gasteiger partial charge on any atom is -0.507 e. The number of rotatable bonds is 6. The van der Waals surface area contributed by atoms with Crippen molar-refractivity contribution in [3.63, 3.8) is 0 Å². The van der Waals surface area contributed by atoms with E-state index in [1.165, 1.54) is 0 Å². The van der Waals surface area contributed by atoms with Crippen LogP contribution in [-0.2, 0) is 0 Å². The maximum absolute atomic E-state index is 10.6. The summed E-state index contributed by atoms with van der Waals surface area (Å²) < 4.78 is 0. The Morgan fingerprint density at radius 3 is 1.29 bits per heavy atom. The van der Waals surface area contributed by atoms with Crippen molar-refractivity contribution in [1.82, 2.24) is 0 Å². The lowest BCUT2D eigenvalue weighted by atomic mass is 9.91. The fourth-order valence-electron chi connectivity index (χ4n) is 5.13. The average Bonchev–Trinajstić information content (AvgIpc) is 2.96. The van der Waals surface area contributed by atoms with E-state index in [9.17, 15) is 10.2 Å². The first kappa shape index (κ1) is 25.5. The van der Waals surface area contributed by atoms with Gasteiger partial charge in [-0.1, -0.05) is 60.7 Å². The summed E-state index contributed by atoms with van der Waals surface area (Å²) in [4.78, 5) is 9.67. The smallest absolute Gasteiger partial charge is 0.127 e. The first-order valence-electron chi connectivity index (χ1n) is 13.3. The van der Waals surface area contributed by atoms with E-state index >= 15 is 0 Å². The van der Waals surface area contributed by atoms with Crippen LogP contribution in [0.15, 0.2) is 94.9 Å². The summed E-state index contributed by atoms with van der Waals surface area (Å²) in [6.45, 7) is 3.86. The second kappa shape index (κ2) is 11.5. The number of aliphatic imine (C=N–C) groups is 2. The van der Waals surface area contributed by atoms with Gasteiger partial charge in [-0.2, -0.15) is 0 Å². The molecule has 0 spiro atoms. The van der Waals surface area contributed by atoms with Gasteiger partial charge in [-0.25, -0.2) is 0 Å². The Hall–Kier alpha value is -4.18. The van der Waals surface area contributed by atoms with Crippen molar-refractivity contribution in [2.24, 2.45) is 9.98 Å². The van der Waals surface area contributed by atoms with E-state index in [2.05, 4.69) is 24.3 Å². The van der Waals surface area contributed by atoms with Gasteiger partial charge in [0, 0.05) is 23.6 Å². The third-order valence-corrected chi connectivity index (χ3v) is 7.39. The Kier molecular flexibility index (Phi) is 7.69. The molecule has 0 radical (unpaired) electrons. The number of phenols is 2. The van der Waals surface area contributed by atoms with Gasteiger partial charge in [0.2, 0.25) is 0 Å². The molecule has 5 rings (SSSR count). The molecule has 0 bridgehead atoms. The molecule has 2 N–H and O–H groups in total. The molecule has 4 heteroatoms. The van der Waals surface area contributed by atoms with Gasteiger partial charge in [0.05, 0.1) is 12.1 Å². The van der Waals surface area contributed by atoms with Crippen molar-refractivity contribution >= 4 is 12.4 Å². The van der Waals surface area contributed by atoms with Crippen molar-refractivity contribution in [1.29, 1.82) is 0 Å². The molecular formula is C34H34N2O2. The van der Waals surface area contributed by atoms with Gasteiger partial charge in [-0.15, -0.1) is 0 Å². The van der Waals surface area contributed by atoms with Gasteiger partial charge in [0.25, 0.3) is 0 Å². The second-order valence-corrected chi connectivity index (χ2v) is 10.2. The minimum absolute atomic E-state index is 0.221. The third kappa shape index (κ3) is 5.86.